The van der Waals surface area contributed by atoms with Gasteiger partial charge >= 0.3 is 0 Å². The molecule has 0 N–H and O–H groups in total. The Hall–Kier alpha value is -2.24. The third-order valence-corrected chi connectivity index (χ3v) is 4.63. The number of pyridine rings is 1. The largest absolute Gasteiger partial charge is 0.327 e. The van der Waals surface area contributed by atoms with E-state index in [-0.39, 0.29) is 17.8 Å². The van der Waals surface area contributed by atoms with Gasteiger partial charge in [0.1, 0.15) is 11.5 Å². The summed E-state index contributed by atoms with van der Waals surface area (Å²) in [6.07, 6.45) is 4.12. The van der Waals surface area contributed by atoms with E-state index in [1.807, 2.05) is 11.6 Å². The van der Waals surface area contributed by atoms with Crippen LogP contribution >= 0.6 is 0 Å². The molecule has 2 aromatic rings. The van der Waals surface area contributed by atoms with Gasteiger partial charge in [-0.1, -0.05) is 20.3 Å². The summed E-state index contributed by atoms with van der Waals surface area (Å²) in [5, 5.41) is 4.64. The van der Waals surface area contributed by atoms with Gasteiger partial charge in [-0.25, -0.2) is 4.39 Å². The lowest BCUT2D eigenvalue weighted by molar-refractivity contribution is 0.0618. The van der Waals surface area contributed by atoms with Crippen LogP contribution in [0.25, 0.3) is 0 Å². The maximum absolute atomic E-state index is 13.5. The Balaban J connectivity index is 1.94. The number of hydrogen-bond acceptors (Lipinski definition) is 3. The molecule has 2 aromatic heterocycles. The Kier molecular flexibility index (Phi) is 4.64. The molecule has 0 saturated carbocycles. The molecule has 0 saturated heterocycles. The quantitative estimate of drug-likeness (QED) is 0.846. The predicted octanol–water partition coefficient (Wildman–Crippen LogP) is 3.15. The van der Waals surface area contributed by atoms with Gasteiger partial charge in [-0.3, -0.25) is 14.5 Å². The van der Waals surface area contributed by atoms with Crippen molar-refractivity contribution in [1.29, 1.82) is 0 Å². The number of aryl methyl sites for hydroxylation is 1. The van der Waals surface area contributed by atoms with E-state index in [0.29, 0.717) is 24.5 Å². The number of halogens is 1. The van der Waals surface area contributed by atoms with Gasteiger partial charge in [0.05, 0.1) is 24.0 Å². The number of nitrogens with zero attached hydrogens (tertiary/aromatic N) is 4. The molecule has 1 amide bonds. The first kappa shape index (κ1) is 16.6. The summed E-state index contributed by atoms with van der Waals surface area (Å²) in [5.74, 6) is -0.368. The number of carbonyl (C=O) groups excluding carboxylic acids is 1. The van der Waals surface area contributed by atoms with Crippen molar-refractivity contribution in [3.05, 3.63) is 46.8 Å². The summed E-state index contributed by atoms with van der Waals surface area (Å²) in [6, 6.07) is 2.44. The molecule has 128 valence electrons. The number of fused-ring (bicyclic) bond motifs is 1. The molecule has 1 unspecified atom stereocenters. The second-order valence-corrected chi connectivity index (χ2v) is 6.17. The lowest BCUT2D eigenvalue weighted by atomic mass is 10.0. The minimum absolute atomic E-state index is 0.0356. The fourth-order valence-electron chi connectivity index (χ4n) is 3.38. The summed E-state index contributed by atoms with van der Waals surface area (Å²) in [6.45, 7) is 7.29. The first-order chi connectivity index (χ1) is 11.6. The highest BCUT2D eigenvalue weighted by Gasteiger charge is 2.33. The van der Waals surface area contributed by atoms with Gasteiger partial charge in [0.25, 0.3) is 5.91 Å². The molecule has 0 spiro atoms. The van der Waals surface area contributed by atoms with E-state index in [2.05, 4.69) is 23.9 Å². The molecule has 0 radical (unpaired) electrons. The average molecular weight is 330 g/mol. The van der Waals surface area contributed by atoms with Crippen LogP contribution in [0, 0.1) is 5.82 Å². The Morgan fingerprint density at radius 1 is 1.33 bits per heavy atom. The zero-order valence-corrected chi connectivity index (χ0v) is 14.4. The molecule has 0 fully saturated rings. The molecule has 1 aliphatic heterocycles. The highest BCUT2D eigenvalue weighted by atomic mass is 19.1. The van der Waals surface area contributed by atoms with Gasteiger partial charge in [0, 0.05) is 18.3 Å². The third kappa shape index (κ3) is 2.81. The van der Waals surface area contributed by atoms with E-state index in [1.165, 1.54) is 18.3 Å². The molecule has 1 atom stereocenters. The predicted molar refractivity (Wildman–Crippen MR) is 89.2 cm³/mol. The molecule has 6 heteroatoms. The van der Waals surface area contributed by atoms with Gasteiger partial charge in [-0.15, -0.1) is 0 Å². The van der Waals surface area contributed by atoms with Crippen LogP contribution < -0.4 is 0 Å². The van der Waals surface area contributed by atoms with Crippen LogP contribution in [0.2, 0.25) is 0 Å². The smallest absolute Gasteiger partial charge is 0.273 e. The highest BCUT2D eigenvalue weighted by molar-refractivity contribution is 5.95. The molecule has 0 aromatic carbocycles. The second-order valence-electron chi connectivity index (χ2n) is 6.17. The normalized spacial score (nSPS) is 15.5. The summed E-state index contributed by atoms with van der Waals surface area (Å²) >= 11 is 0. The van der Waals surface area contributed by atoms with Crippen molar-refractivity contribution in [2.24, 2.45) is 0 Å². The van der Waals surface area contributed by atoms with Crippen molar-refractivity contribution >= 4 is 5.91 Å². The summed E-state index contributed by atoms with van der Waals surface area (Å²) in [5.41, 5.74) is 3.34. The van der Waals surface area contributed by atoms with Crippen LogP contribution in [0.5, 0.6) is 0 Å². The minimum atomic E-state index is -0.333. The number of amides is 1. The molecule has 0 bridgehead atoms. The Bertz CT molecular complexity index is 755. The first-order valence-corrected chi connectivity index (χ1v) is 8.57. The Morgan fingerprint density at radius 2 is 2.12 bits per heavy atom. The highest BCUT2D eigenvalue weighted by Crippen LogP contribution is 2.27. The van der Waals surface area contributed by atoms with Crippen molar-refractivity contribution < 1.29 is 9.18 Å². The van der Waals surface area contributed by atoms with Crippen LogP contribution in [0.3, 0.4) is 0 Å². The van der Waals surface area contributed by atoms with Crippen molar-refractivity contribution in [1.82, 2.24) is 19.7 Å². The summed E-state index contributed by atoms with van der Waals surface area (Å²) < 4.78 is 15.3. The molecule has 3 heterocycles. The van der Waals surface area contributed by atoms with Crippen molar-refractivity contribution in [3.8, 4) is 0 Å². The van der Waals surface area contributed by atoms with E-state index < -0.39 is 0 Å². The molecule has 0 aliphatic carbocycles. The van der Waals surface area contributed by atoms with Gasteiger partial charge in [0.15, 0.2) is 0 Å². The Morgan fingerprint density at radius 3 is 2.79 bits per heavy atom. The monoisotopic (exact) mass is 330 g/mol. The van der Waals surface area contributed by atoms with Crippen molar-refractivity contribution in [3.63, 3.8) is 0 Å². The summed E-state index contributed by atoms with van der Waals surface area (Å²) in [7, 11) is 0. The van der Waals surface area contributed by atoms with Gasteiger partial charge < -0.3 is 4.90 Å². The standard InChI is InChI=1S/C18H23FN4O/c1-4-6-15-14(5-2)17-18(24)22(9-10-23(17)21-15)12(3)16-11-13(19)7-8-20-16/h7-8,11-12H,4-6,9-10H2,1-3H3. The molecule has 5 nitrogen and oxygen atoms in total. The maximum atomic E-state index is 13.5. The Labute approximate surface area is 141 Å². The lowest BCUT2D eigenvalue weighted by Gasteiger charge is -2.33. The third-order valence-electron chi connectivity index (χ3n) is 4.63. The first-order valence-electron chi connectivity index (χ1n) is 8.57. The number of hydrogen-bond donors (Lipinski definition) is 0. The van der Waals surface area contributed by atoms with Crippen LogP contribution in [0.15, 0.2) is 18.3 Å². The number of rotatable bonds is 5. The van der Waals surface area contributed by atoms with Crippen LogP contribution in [0.1, 0.15) is 60.7 Å². The van der Waals surface area contributed by atoms with Gasteiger partial charge in [-0.05, 0) is 31.9 Å². The summed E-state index contributed by atoms with van der Waals surface area (Å²) in [4.78, 5) is 19.1. The zero-order chi connectivity index (χ0) is 17.3. The van der Waals surface area contributed by atoms with E-state index in [0.717, 1.165) is 30.5 Å². The van der Waals surface area contributed by atoms with E-state index >= 15 is 0 Å². The van der Waals surface area contributed by atoms with Gasteiger partial charge in [-0.2, -0.15) is 5.10 Å². The number of carbonyl (C=O) groups is 1. The molecular weight excluding hydrogens is 307 g/mol. The SMILES string of the molecule is CCCc1nn2c(c1CC)C(=O)N(C(C)c1cc(F)ccn1)CC2. The molecule has 24 heavy (non-hydrogen) atoms. The molecular formula is C18H23FN4O. The molecule has 3 rings (SSSR count). The van der Waals surface area contributed by atoms with Crippen molar-refractivity contribution in [2.75, 3.05) is 6.54 Å². The van der Waals surface area contributed by atoms with E-state index in [1.54, 1.807) is 4.90 Å². The van der Waals surface area contributed by atoms with Crippen LogP contribution in [0.4, 0.5) is 4.39 Å². The fraction of sp³-hybridized carbons (Fsp3) is 0.500. The lowest BCUT2D eigenvalue weighted by Crippen LogP contribution is -2.42. The van der Waals surface area contributed by atoms with E-state index in [9.17, 15) is 9.18 Å². The van der Waals surface area contributed by atoms with Crippen LogP contribution in [-0.4, -0.2) is 32.1 Å². The van der Waals surface area contributed by atoms with Crippen molar-refractivity contribution in [2.45, 2.75) is 52.6 Å². The number of aromatic nitrogens is 3. The minimum Gasteiger partial charge on any atom is -0.327 e. The maximum Gasteiger partial charge on any atom is 0.273 e. The second kappa shape index (κ2) is 6.71. The topological polar surface area (TPSA) is 51.0 Å². The van der Waals surface area contributed by atoms with E-state index in [4.69, 9.17) is 0 Å². The van der Waals surface area contributed by atoms with Crippen LogP contribution in [-0.2, 0) is 19.4 Å². The zero-order valence-electron chi connectivity index (χ0n) is 14.4. The average Bonchev–Trinajstić information content (AvgIpc) is 2.93. The molecule has 1 aliphatic rings. The fourth-order valence-corrected chi connectivity index (χ4v) is 3.38. The van der Waals surface area contributed by atoms with Gasteiger partial charge in [0.2, 0.25) is 0 Å².